The van der Waals surface area contributed by atoms with Crippen molar-refractivity contribution in [2.45, 2.75) is 93.8 Å². The van der Waals surface area contributed by atoms with Crippen molar-refractivity contribution in [2.75, 3.05) is 26.2 Å². The summed E-state index contributed by atoms with van der Waals surface area (Å²) in [5, 5.41) is 26.4. The van der Waals surface area contributed by atoms with Crippen molar-refractivity contribution in [1.82, 2.24) is 19.8 Å². The average Bonchev–Trinajstić information content (AvgIpc) is 3.53. The molecule has 3 aromatic rings. The molecular formula is C36H44N4O3. The van der Waals surface area contributed by atoms with Crippen molar-refractivity contribution in [3.8, 4) is 0 Å². The number of H-pyrrole nitrogens is 1. The van der Waals surface area contributed by atoms with Crippen LogP contribution in [0.2, 0.25) is 0 Å². The molecule has 7 nitrogen and oxygen atoms in total. The number of nitrogens with one attached hydrogen (secondary N) is 1. The fraction of sp³-hybridized carbons (Fsp3) is 0.583. The van der Waals surface area contributed by atoms with E-state index in [1.807, 2.05) is 6.20 Å². The highest BCUT2D eigenvalue weighted by atomic mass is 16.5. The number of piperidine rings is 1. The van der Waals surface area contributed by atoms with E-state index < -0.39 is 11.3 Å². The first-order valence-corrected chi connectivity index (χ1v) is 16.8. The minimum absolute atomic E-state index is 0.0242. The number of nitrogens with zero attached hydrogens (tertiary/aromatic N) is 3. The van der Waals surface area contributed by atoms with Gasteiger partial charge in [-0.2, -0.15) is 0 Å². The van der Waals surface area contributed by atoms with Gasteiger partial charge in [0.2, 0.25) is 0 Å². The van der Waals surface area contributed by atoms with E-state index in [1.54, 1.807) is 0 Å². The highest BCUT2D eigenvalue weighted by Gasteiger charge is 2.72. The largest absolute Gasteiger partial charge is 0.390 e. The summed E-state index contributed by atoms with van der Waals surface area (Å²) in [6.07, 6.45) is 17.8. The lowest BCUT2D eigenvalue weighted by atomic mass is 9.54. The summed E-state index contributed by atoms with van der Waals surface area (Å²) < 4.78 is 6.95. The number of aliphatic hydroxyl groups excluding tert-OH is 1. The Morgan fingerprint density at radius 3 is 2.81 bits per heavy atom. The molecule has 8 atom stereocenters. The van der Waals surface area contributed by atoms with E-state index in [2.05, 4.69) is 63.3 Å². The summed E-state index contributed by atoms with van der Waals surface area (Å²) >= 11 is 0. The third kappa shape index (κ3) is 3.88. The van der Waals surface area contributed by atoms with Crippen LogP contribution < -0.4 is 0 Å². The van der Waals surface area contributed by atoms with Crippen molar-refractivity contribution >= 4 is 27.4 Å². The Hall–Kier alpha value is -2.55. The van der Waals surface area contributed by atoms with E-state index in [-0.39, 0.29) is 29.6 Å². The molecule has 226 valence electrons. The number of pyridine rings is 1. The molecule has 5 aliphatic heterocycles. The fourth-order valence-corrected chi connectivity index (χ4v) is 10.5. The first-order chi connectivity index (χ1) is 21.0. The number of aromatic amines is 1. The Morgan fingerprint density at radius 2 is 1.86 bits per heavy atom. The number of para-hydroxylation sites is 1. The highest BCUT2D eigenvalue weighted by molar-refractivity contribution is 6.09. The summed E-state index contributed by atoms with van der Waals surface area (Å²) in [5.41, 5.74) is 2.83. The predicted octanol–water partition coefficient (Wildman–Crippen LogP) is 5.39. The quantitative estimate of drug-likeness (QED) is 0.335. The SMILES string of the molecule is O[C@@H]1CC[C@@]23C[C@]45CN6CCCC/C=C\CC[C@](O)(C=C(c7nccc8c7[nH]c7ccccc78)[C@@H]4CC6)[C@@H]5N2CC[C@@H]1O3. The number of allylic oxidation sites excluding steroid dienone is 3. The summed E-state index contributed by atoms with van der Waals surface area (Å²) in [5.74, 6) is 0.271. The second kappa shape index (κ2) is 9.72. The number of ether oxygens (including phenoxy) is 1. The number of hydrogen-bond donors (Lipinski definition) is 3. The van der Waals surface area contributed by atoms with Crippen molar-refractivity contribution in [3.05, 3.63) is 60.5 Å². The molecule has 0 saturated carbocycles. The van der Waals surface area contributed by atoms with Gasteiger partial charge >= 0.3 is 0 Å². The Morgan fingerprint density at radius 1 is 0.953 bits per heavy atom. The molecule has 6 aliphatic rings. The van der Waals surface area contributed by atoms with E-state index >= 15 is 0 Å². The topological polar surface area (TPSA) is 84.8 Å². The van der Waals surface area contributed by atoms with Crippen LogP contribution in [0, 0.1) is 11.3 Å². The van der Waals surface area contributed by atoms with Crippen LogP contribution in [0.1, 0.15) is 69.9 Å². The van der Waals surface area contributed by atoms with Crippen LogP contribution in [0.3, 0.4) is 0 Å². The zero-order valence-corrected chi connectivity index (χ0v) is 25.0. The number of aliphatic hydroxyl groups is 2. The summed E-state index contributed by atoms with van der Waals surface area (Å²) in [6, 6.07) is 10.6. The third-order valence-electron chi connectivity index (χ3n) is 12.1. The predicted molar refractivity (Wildman–Crippen MR) is 168 cm³/mol. The minimum Gasteiger partial charge on any atom is -0.390 e. The number of aromatic nitrogens is 2. The van der Waals surface area contributed by atoms with Gasteiger partial charge in [-0.25, -0.2) is 0 Å². The second-order valence-corrected chi connectivity index (χ2v) is 14.5. The van der Waals surface area contributed by atoms with Crippen LogP contribution in [-0.4, -0.2) is 85.7 Å². The first kappa shape index (κ1) is 26.8. The molecule has 2 spiro atoms. The van der Waals surface area contributed by atoms with Gasteiger partial charge < -0.3 is 24.8 Å². The first-order valence-electron chi connectivity index (χ1n) is 16.8. The van der Waals surface area contributed by atoms with Crippen LogP contribution in [0.25, 0.3) is 27.4 Å². The van der Waals surface area contributed by atoms with E-state index in [4.69, 9.17) is 9.72 Å². The molecule has 1 aliphatic carbocycles. The van der Waals surface area contributed by atoms with E-state index in [1.165, 1.54) is 29.2 Å². The standard InChI is InChI=1S/C36H44N4O3/c41-29-11-16-36-22-34-23-39-18-8-4-2-1-3-7-15-35(42,33(34)40(36)20-14-30(29)43-36)21-26(27(34)13-19-39)31-32-25(12-17-37-31)24-9-5-6-10-28(24)38-32/h1,3,5-6,9-10,12,17,21,27,29-30,33,38,41-42H,2,4,7-8,11,13-16,18-20,22-23H2/b3-1-/t27-,29+,30-,33+,34-,35-,36+/m0/s1. The fourth-order valence-electron chi connectivity index (χ4n) is 10.5. The zero-order chi connectivity index (χ0) is 28.8. The molecule has 5 bridgehead atoms. The lowest BCUT2D eigenvalue weighted by Crippen LogP contribution is -2.68. The lowest BCUT2D eigenvalue weighted by Gasteiger charge is -2.58. The Balaban J connectivity index is 1.26. The molecule has 2 aromatic heterocycles. The Labute approximate surface area is 253 Å². The van der Waals surface area contributed by atoms with Crippen LogP contribution in [0.5, 0.6) is 0 Å². The normalized spacial score (nSPS) is 42.0. The van der Waals surface area contributed by atoms with Crippen molar-refractivity contribution in [1.29, 1.82) is 0 Å². The molecule has 7 heteroatoms. The third-order valence-corrected chi connectivity index (χ3v) is 12.1. The molecule has 0 amide bonds. The molecule has 9 rings (SSSR count). The molecule has 3 N–H and O–H groups in total. The summed E-state index contributed by atoms with van der Waals surface area (Å²) in [7, 11) is 0. The van der Waals surface area contributed by atoms with Gasteiger partial charge in [0.05, 0.1) is 35.1 Å². The average molecular weight is 581 g/mol. The summed E-state index contributed by atoms with van der Waals surface area (Å²) in [6.45, 7) is 4.03. The monoisotopic (exact) mass is 580 g/mol. The van der Waals surface area contributed by atoms with Gasteiger partial charge in [0.15, 0.2) is 0 Å². The molecule has 4 fully saturated rings. The second-order valence-electron chi connectivity index (χ2n) is 14.5. The van der Waals surface area contributed by atoms with E-state index in [0.29, 0.717) is 6.42 Å². The molecule has 0 radical (unpaired) electrons. The van der Waals surface area contributed by atoms with Crippen LogP contribution in [0.4, 0.5) is 0 Å². The van der Waals surface area contributed by atoms with Gasteiger partial charge in [0.1, 0.15) is 5.72 Å². The maximum absolute atomic E-state index is 13.2. The maximum atomic E-state index is 13.2. The molecule has 43 heavy (non-hydrogen) atoms. The van der Waals surface area contributed by atoms with Crippen LogP contribution in [-0.2, 0) is 4.74 Å². The van der Waals surface area contributed by atoms with Gasteiger partial charge in [0.25, 0.3) is 0 Å². The van der Waals surface area contributed by atoms with E-state index in [9.17, 15) is 10.2 Å². The number of rotatable bonds is 1. The number of benzene rings is 1. The zero-order valence-electron chi connectivity index (χ0n) is 25.0. The Kier molecular flexibility index (Phi) is 6.06. The molecule has 4 saturated heterocycles. The molecule has 1 unspecified atom stereocenters. The lowest BCUT2D eigenvalue weighted by molar-refractivity contribution is -0.268. The highest BCUT2D eigenvalue weighted by Crippen LogP contribution is 2.66. The Bertz CT molecular complexity index is 1630. The van der Waals surface area contributed by atoms with Crippen molar-refractivity contribution in [2.24, 2.45) is 11.3 Å². The van der Waals surface area contributed by atoms with Gasteiger partial charge in [-0.3, -0.25) is 9.88 Å². The molecule has 7 heterocycles. The summed E-state index contributed by atoms with van der Waals surface area (Å²) in [4.78, 5) is 14.1. The van der Waals surface area contributed by atoms with Gasteiger partial charge in [0, 0.05) is 41.0 Å². The maximum Gasteiger partial charge on any atom is 0.123 e. The number of fused-ring (bicyclic) bond motifs is 5. The molecular weight excluding hydrogens is 536 g/mol. The van der Waals surface area contributed by atoms with Gasteiger partial charge in [-0.15, -0.1) is 0 Å². The minimum atomic E-state index is -1.02. The van der Waals surface area contributed by atoms with Gasteiger partial charge in [-0.05, 0) is 107 Å². The number of hydrogen-bond acceptors (Lipinski definition) is 6. The smallest absolute Gasteiger partial charge is 0.123 e. The van der Waals surface area contributed by atoms with Crippen molar-refractivity contribution in [3.63, 3.8) is 0 Å². The van der Waals surface area contributed by atoms with Crippen LogP contribution >= 0.6 is 0 Å². The molecule has 1 aromatic carbocycles. The van der Waals surface area contributed by atoms with Crippen LogP contribution in [0.15, 0.2) is 54.8 Å². The van der Waals surface area contributed by atoms with E-state index in [0.717, 1.165) is 87.9 Å². The van der Waals surface area contributed by atoms with Crippen molar-refractivity contribution < 1.29 is 14.9 Å². The van der Waals surface area contributed by atoms with Gasteiger partial charge in [-0.1, -0.05) is 30.4 Å².